The highest BCUT2D eigenvalue weighted by Gasteiger charge is 2.12. The van der Waals surface area contributed by atoms with E-state index in [-0.39, 0.29) is 5.91 Å². The number of benzene rings is 3. The summed E-state index contributed by atoms with van der Waals surface area (Å²) in [7, 11) is 0. The van der Waals surface area contributed by atoms with Gasteiger partial charge in [0.1, 0.15) is 0 Å². The van der Waals surface area contributed by atoms with Crippen molar-refractivity contribution in [2.75, 3.05) is 5.32 Å². The van der Waals surface area contributed by atoms with Gasteiger partial charge in [-0.2, -0.15) is 0 Å². The Morgan fingerprint density at radius 3 is 2.62 bits per heavy atom. The summed E-state index contributed by atoms with van der Waals surface area (Å²) in [5, 5.41) is 8.31. The normalized spacial score (nSPS) is 10.8. The molecule has 0 spiro atoms. The highest BCUT2D eigenvalue weighted by molar-refractivity contribution is 7.14. The maximum Gasteiger partial charge on any atom is 0.257 e. The largest absolute Gasteiger partial charge is 0.298 e. The van der Waals surface area contributed by atoms with E-state index in [1.54, 1.807) is 18.2 Å². The van der Waals surface area contributed by atoms with Crippen molar-refractivity contribution in [3.05, 3.63) is 81.7 Å². The van der Waals surface area contributed by atoms with Crippen LogP contribution in [0.5, 0.6) is 0 Å². The first-order valence-corrected chi connectivity index (χ1v) is 9.45. The van der Waals surface area contributed by atoms with E-state index < -0.39 is 0 Å². The van der Waals surface area contributed by atoms with Gasteiger partial charge in [0.25, 0.3) is 5.91 Å². The predicted octanol–water partition coefficient (Wildman–Crippen LogP) is 6.52. The second kappa shape index (κ2) is 7.08. The number of nitrogens with zero attached hydrogens (tertiary/aromatic N) is 1. The van der Waals surface area contributed by atoms with Crippen molar-refractivity contribution in [3.8, 4) is 11.3 Å². The molecule has 0 aliphatic rings. The topological polar surface area (TPSA) is 42.0 Å². The van der Waals surface area contributed by atoms with E-state index >= 15 is 0 Å². The minimum absolute atomic E-state index is 0.276. The Hall–Kier alpha value is -2.40. The van der Waals surface area contributed by atoms with Gasteiger partial charge in [-0.25, -0.2) is 4.98 Å². The summed E-state index contributed by atoms with van der Waals surface area (Å²) in [6.07, 6.45) is 0. The molecule has 3 nitrogen and oxygen atoms in total. The number of hydrogen-bond donors (Lipinski definition) is 1. The first kappa shape index (κ1) is 17.0. The van der Waals surface area contributed by atoms with Crippen LogP contribution >= 0.6 is 34.5 Å². The van der Waals surface area contributed by atoms with Gasteiger partial charge in [-0.15, -0.1) is 11.3 Å². The van der Waals surface area contributed by atoms with E-state index in [9.17, 15) is 4.79 Å². The summed E-state index contributed by atoms with van der Waals surface area (Å²) in [6.45, 7) is 0. The number of hydrogen-bond acceptors (Lipinski definition) is 3. The van der Waals surface area contributed by atoms with Gasteiger partial charge < -0.3 is 0 Å². The van der Waals surface area contributed by atoms with Crippen molar-refractivity contribution < 1.29 is 4.79 Å². The molecule has 0 atom stereocenters. The lowest BCUT2D eigenvalue weighted by Gasteiger charge is -2.04. The Balaban J connectivity index is 1.62. The molecule has 0 radical (unpaired) electrons. The molecule has 1 aromatic heterocycles. The Bertz CT molecular complexity index is 1120. The van der Waals surface area contributed by atoms with Crippen LogP contribution in [0.15, 0.2) is 66.0 Å². The van der Waals surface area contributed by atoms with Crippen LogP contribution < -0.4 is 5.32 Å². The van der Waals surface area contributed by atoms with Crippen molar-refractivity contribution in [2.45, 2.75) is 0 Å². The maximum absolute atomic E-state index is 12.4. The van der Waals surface area contributed by atoms with Crippen LogP contribution in [-0.4, -0.2) is 10.9 Å². The quantitative estimate of drug-likeness (QED) is 0.426. The van der Waals surface area contributed by atoms with E-state index in [0.717, 1.165) is 22.0 Å². The molecule has 0 unspecified atom stereocenters. The molecule has 0 saturated carbocycles. The van der Waals surface area contributed by atoms with Gasteiger partial charge >= 0.3 is 0 Å². The maximum atomic E-state index is 12.4. The van der Waals surface area contributed by atoms with Crippen LogP contribution in [0.1, 0.15) is 10.4 Å². The number of halogens is 2. The molecule has 1 heterocycles. The summed E-state index contributed by atoms with van der Waals surface area (Å²) in [6, 6.07) is 19.0. The van der Waals surface area contributed by atoms with Gasteiger partial charge in [-0.3, -0.25) is 10.1 Å². The number of anilines is 1. The second-order valence-corrected chi connectivity index (χ2v) is 7.32. The lowest BCUT2D eigenvalue weighted by atomic mass is 10.0. The Morgan fingerprint density at radius 2 is 1.77 bits per heavy atom. The molecule has 3 aromatic carbocycles. The Morgan fingerprint density at radius 1 is 0.962 bits per heavy atom. The molecule has 0 bridgehead atoms. The van der Waals surface area contributed by atoms with Crippen LogP contribution in [-0.2, 0) is 0 Å². The smallest absolute Gasteiger partial charge is 0.257 e. The van der Waals surface area contributed by atoms with E-state index in [4.69, 9.17) is 23.2 Å². The van der Waals surface area contributed by atoms with Gasteiger partial charge in [0.05, 0.1) is 15.7 Å². The zero-order chi connectivity index (χ0) is 18.1. The predicted molar refractivity (Wildman–Crippen MR) is 109 cm³/mol. The minimum Gasteiger partial charge on any atom is -0.298 e. The first-order valence-electron chi connectivity index (χ1n) is 7.82. The molecule has 1 N–H and O–H groups in total. The van der Waals surface area contributed by atoms with Crippen molar-refractivity contribution >= 4 is 56.3 Å². The van der Waals surface area contributed by atoms with Crippen molar-refractivity contribution in [1.82, 2.24) is 4.98 Å². The molecule has 4 rings (SSSR count). The molecule has 26 heavy (non-hydrogen) atoms. The molecule has 0 fully saturated rings. The SMILES string of the molecule is O=C(Nc1nc(-c2cccc3ccccc23)cs1)c1ccc(Cl)c(Cl)c1. The standard InChI is InChI=1S/C20H12Cl2N2OS/c21-16-9-8-13(10-17(16)22)19(25)24-20-23-18(11-26-20)15-7-3-5-12-4-1-2-6-14(12)15/h1-11H,(H,23,24,25). The number of carbonyl (C=O) groups excluding carboxylic acids is 1. The molecule has 0 aliphatic heterocycles. The molecule has 1 amide bonds. The Labute approximate surface area is 164 Å². The fraction of sp³-hybridized carbons (Fsp3) is 0. The number of amides is 1. The monoisotopic (exact) mass is 398 g/mol. The van der Waals surface area contributed by atoms with Gasteiger partial charge in [-0.1, -0.05) is 65.7 Å². The summed E-state index contributed by atoms with van der Waals surface area (Å²) in [5.74, 6) is -0.276. The van der Waals surface area contributed by atoms with Gasteiger partial charge in [0.15, 0.2) is 5.13 Å². The van der Waals surface area contributed by atoms with Crippen LogP contribution in [0.25, 0.3) is 22.0 Å². The Kier molecular flexibility index (Phi) is 4.64. The highest BCUT2D eigenvalue weighted by Crippen LogP contribution is 2.31. The lowest BCUT2D eigenvalue weighted by molar-refractivity contribution is 0.102. The third kappa shape index (κ3) is 3.31. The molecular weight excluding hydrogens is 387 g/mol. The average Bonchev–Trinajstić information content (AvgIpc) is 3.11. The molecule has 0 aliphatic carbocycles. The van der Waals surface area contributed by atoms with E-state index in [2.05, 4.69) is 28.5 Å². The molecule has 128 valence electrons. The summed E-state index contributed by atoms with van der Waals surface area (Å²) < 4.78 is 0. The van der Waals surface area contributed by atoms with Gasteiger partial charge in [0, 0.05) is 16.5 Å². The van der Waals surface area contributed by atoms with E-state index in [0.29, 0.717) is 20.7 Å². The lowest BCUT2D eigenvalue weighted by Crippen LogP contribution is -2.11. The highest BCUT2D eigenvalue weighted by atomic mass is 35.5. The summed E-state index contributed by atoms with van der Waals surface area (Å²) in [4.78, 5) is 17.0. The van der Waals surface area contributed by atoms with Crippen molar-refractivity contribution in [2.24, 2.45) is 0 Å². The first-order chi connectivity index (χ1) is 12.6. The summed E-state index contributed by atoms with van der Waals surface area (Å²) in [5.41, 5.74) is 2.30. The van der Waals surface area contributed by atoms with Gasteiger partial charge in [-0.05, 0) is 29.0 Å². The summed E-state index contributed by atoms with van der Waals surface area (Å²) >= 11 is 13.2. The number of fused-ring (bicyclic) bond motifs is 1. The fourth-order valence-corrected chi connectivity index (χ4v) is 3.71. The molecule has 4 aromatic rings. The number of rotatable bonds is 3. The van der Waals surface area contributed by atoms with Crippen LogP contribution in [0.2, 0.25) is 10.0 Å². The minimum atomic E-state index is -0.276. The number of nitrogens with one attached hydrogen (secondary N) is 1. The number of carbonyl (C=O) groups is 1. The van der Waals surface area contributed by atoms with Crippen molar-refractivity contribution in [3.63, 3.8) is 0 Å². The second-order valence-electron chi connectivity index (χ2n) is 5.65. The molecule has 6 heteroatoms. The fourth-order valence-electron chi connectivity index (χ4n) is 2.71. The molecule has 0 saturated heterocycles. The average molecular weight is 399 g/mol. The third-order valence-electron chi connectivity index (χ3n) is 3.97. The number of aromatic nitrogens is 1. The number of thiazole rings is 1. The van der Waals surface area contributed by atoms with Gasteiger partial charge in [0.2, 0.25) is 0 Å². The van der Waals surface area contributed by atoms with Crippen molar-refractivity contribution in [1.29, 1.82) is 0 Å². The van der Waals surface area contributed by atoms with E-state index in [1.165, 1.54) is 11.3 Å². The van der Waals surface area contributed by atoms with Crippen LogP contribution in [0.3, 0.4) is 0 Å². The zero-order valence-electron chi connectivity index (χ0n) is 13.4. The van der Waals surface area contributed by atoms with Crippen LogP contribution in [0.4, 0.5) is 5.13 Å². The zero-order valence-corrected chi connectivity index (χ0v) is 15.7. The van der Waals surface area contributed by atoms with Crippen LogP contribution in [0, 0.1) is 0 Å². The third-order valence-corrected chi connectivity index (χ3v) is 5.47. The van der Waals surface area contributed by atoms with E-state index in [1.807, 2.05) is 29.6 Å². The molecular formula is C20H12Cl2N2OS.